The van der Waals surface area contributed by atoms with Crippen molar-refractivity contribution in [3.8, 4) is 34.3 Å². The van der Waals surface area contributed by atoms with Crippen molar-refractivity contribution in [2.24, 2.45) is 5.73 Å². The van der Waals surface area contributed by atoms with E-state index in [1.807, 2.05) is 0 Å². The van der Waals surface area contributed by atoms with Gasteiger partial charge in [-0.15, -0.1) is 0 Å². The zero-order valence-electron chi connectivity index (χ0n) is 22.0. The molecule has 0 aliphatic rings. The Labute approximate surface area is 239 Å². The molecule has 2 aromatic heterocycles. The molecule has 43 heavy (non-hydrogen) atoms. The van der Waals surface area contributed by atoms with Crippen molar-refractivity contribution in [1.29, 1.82) is 0 Å². The van der Waals surface area contributed by atoms with Crippen LogP contribution < -0.4 is 19.9 Å². The third-order valence-corrected chi connectivity index (χ3v) is 6.25. The summed E-state index contributed by atoms with van der Waals surface area (Å²) in [5, 5.41) is 0. The number of alkyl halides is 3. The fourth-order valence-electron chi connectivity index (χ4n) is 4.46. The second kappa shape index (κ2) is 11.9. The molecule has 5 rings (SSSR count). The third kappa shape index (κ3) is 5.89. The van der Waals surface area contributed by atoms with E-state index in [1.54, 1.807) is 30.3 Å². The number of rotatable bonds is 9. The number of carbonyl (C=O) groups excluding carboxylic acids is 1. The fraction of sp³-hybridized carbons (Fsp3) is 0.138. The van der Waals surface area contributed by atoms with Crippen LogP contribution in [0.2, 0.25) is 0 Å². The lowest BCUT2D eigenvalue weighted by Gasteiger charge is -2.17. The Kier molecular flexibility index (Phi) is 8.10. The standard InChI is InChI=1S/C29H20F6N4O4/c1-14-23-25(28(38-13-37-23)43-27(35)26(33)34)39(24(14)22-19(31)10-17(11-20(22)32)42-29(36)40)16-7-8-21(18(30)9-16)41-12-15-5-3-2-4-6-15/h2-11,13,26-27H,12H2,1H3,(H2,36,40). The molecule has 5 aromatic rings. The van der Waals surface area contributed by atoms with Gasteiger partial charge in [-0.25, -0.2) is 31.7 Å². The molecule has 0 bridgehead atoms. The van der Waals surface area contributed by atoms with Crippen LogP contribution in [0.4, 0.5) is 31.1 Å². The number of aryl methyl sites for hydroxylation is 1. The summed E-state index contributed by atoms with van der Waals surface area (Å²) < 4.78 is 102. The Morgan fingerprint density at radius 1 is 0.953 bits per heavy atom. The Morgan fingerprint density at radius 2 is 1.65 bits per heavy atom. The van der Waals surface area contributed by atoms with E-state index in [4.69, 9.17) is 15.2 Å². The van der Waals surface area contributed by atoms with Crippen molar-refractivity contribution >= 4 is 17.1 Å². The first-order valence-electron chi connectivity index (χ1n) is 12.4. The number of benzene rings is 3. The number of fused-ring (bicyclic) bond motifs is 1. The summed E-state index contributed by atoms with van der Waals surface area (Å²) in [6, 6.07) is 13.8. The van der Waals surface area contributed by atoms with E-state index in [2.05, 4.69) is 14.7 Å². The second-order valence-electron chi connectivity index (χ2n) is 9.06. The average Bonchev–Trinajstić information content (AvgIpc) is 3.25. The maximum absolute atomic E-state index is 15.5. The summed E-state index contributed by atoms with van der Waals surface area (Å²) in [7, 11) is 0. The molecule has 0 saturated carbocycles. The average molecular weight is 602 g/mol. The lowest BCUT2D eigenvalue weighted by molar-refractivity contribution is -0.0683. The van der Waals surface area contributed by atoms with E-state index in [-0.39, 0.29) is 40.3 Å². The molecule has 8 nitrogen and oxygen atoms in total. The minimum absolute atomic E-state index is 0.0292. The topological polar surface area (TPSA) is 101 Å². The van der Waals surface area contributed by atoms with Crippen LogP contribution in [0.5, 0.6) is 17.4 Å². The number of aromatic nitrogens is 3. The highest BCUT2D eigenvalue weighted by Crippen LogP contribution is 2.42. The van der Waals surface area contributed by atoms with E-state index in [0.29, 0.717) is 12.1 Å². The number of carbonyl (C=O) groups is 1. The van der Waals surface area contributed by atoms with Crippen LogP contribution in [-0.2, 0) is 6.61 Å². The van der Waals surface area contributed by atoms with Gasteiger partial charge in [-0.3, -0.25) is 0 Å². The third-order valence-electron chi connectivity index (χ3n) is 6.25. The van der Waals surface area contributed by atoms with Crippen LogP contribution in [0.1, 0.15) is 11.1 Å². The smallest absolute Gasteiger partial charge is 0.409 e. The minimum atomic E-state index is -3.56. The highest BCUT2D eigenvalue weighted by molar-refractivity contribution is 5.93. The van der Waals surface area contributed by atoms with Crippen LogP contribution >= 0.6 is 0 Å². The molecular formula is C29H20F6N4O4. The molecule has 2 heterocycles. The molecule has 1 amide bonds. The molecule has 0 fully saturated rings. The van der Waals surface area contributed by atoms with Crippen molar-refractivity contribution < 1.29 is 45.3 Å². The number of ether oxygens (including phenoxy) is 3. The van der Waals surface area contributed by atoms with E-state index < -0.39 is 53.5 Å². The van der Waals surface area contributed by atoms with E-state index in [9.17, 15) is 18.0 Å². The molecule has 0 aliphatic carbocycles. The number of primary amides is 1. The van der Waals surface area contributed by atoms with Gasteiger partial charge in [0, 0.05) is 29.4 Å². The quantitative estimate of drug-likeness (QED) is 0.187. The van der Waals surface area contributed by atoms with E-state index in [0.717, 1.165) is 22.5 Å². The molecule has 1 unspecified atom stereocenters. The van der Waals surface area contributed by atoms with Gasteiger partial charge >= 0.3 is 12.5 Å². The summed E-state index contributed by atoms with van der Waals surface area (Å²) in [6.45, 7) is 1.42. The molecule has 2 N–H and O–H groups in total. The largest absolute Gasteiger partial charge is 0.486 e. The van der Waals surface area contributed by atoms with Crippen molar-refractivity contribution in [1.82, 2.24) is 14.5 Å². The zero-order chi connectivity index (χ0) is 30.8. The highest BCUT2D eigenvalue weighted by Gasteiger charge is 2.30. The number of nitrogens with two attached hydrogens (primary N) is 1. The van der Waals surface area contributed by atoms with Gasteiger partial charge in [0.25, 0.3) is 6.36 Å². The van der Waals surface area contributed by atoms with Crippen molar-refractivity contribution in [2.45, 2.75) is 26.3 Å². The predicted molar refractivity (Wildman–Crippen MR) is 141 cm³/mol. The van der Waals surface area contributed by atoms with Crippen LogP contribution in [0.3, 0.4) is 0 Å². The molecule has 0 spiro atoms. The van der Waals surface area contributed by atoms with Crippen molar-refractivity contribution in [3.63, 3.8) is 0 Å². The van der Waals surface area contributed by atoms with Gasteiger partial charge in [-0.05, 0) is 24.6 Å². The van der Waals surface area contributed by atoms with Crippen LogP contribution in [-0.4, -0.2) is 33.4 Å². The molecular weight excluding hydrogens is 582 g/mol. The first kappa shape index (κ1) is 29.2. The number of halogens is 6. The molecule has 1 atom stereocenters. The van der Waals surface area contributed by atoms with Gasteiger partial charge in [0.1, 0.15) is 35.8 Å². The first-order chi connectivity index (χ1) is 20.5. The van der Waals surface area contributed by atoms with Gasteiger partial charge in [-0.2, -0.15) is 9.37 Å². The van der Waals surface area contributed by atoms with E-state index in [1.165, 1.54) is 19.1 Å². The van der Waals surface area contributed by atoms with Gasteiger partial charge < -0.3 is 24.5 Å². The SMILES string of the molecule is Cc1c(-c2c(F)cc(OC(N)=O)cc2F)n(-c2ccc(OCc3ccccc3)c(F)c2)c2c(OC(F)C(F)F)ncnc12. The molecule has 0 aliphatic heterocycles. The normalized spacial score (nSPS) is 12.0. The Balaban J connectivity index is 1.71. The Hall–Kier alpha value is -5.27. The van der Waals surface area contributed by atoms with Gasteiger partial charge in [0.05, 0.1) is 16.8 Å². The Morgan fingerprint density at radius 3 is 2.28 bits per heavy atom. The lowest BCUT2D eigenvalue weighted by Crippen LogP contribution is -2.20. The maximum atomic E-state index is 15.5. The second-order valence-corrected chi connectivity index (χ2v) is 9.06. The monoisotopic (exact) mass is 602 g/mol. The molecule has 0 radical (unpaired) electrons. The summed E-state index contributed by atoms with van der Waals surface area (Å²) in [5.41, 5.74) is 4.35. The highest BCUT2D eigenvalue weighted by atomic mass is 19.3. The van der Waals surface area contributed by atoms with Crippen molar-refractivity contribution in [3.05, 3.63) is 95.6 Å². The summed E-state index contributed by atoms with van der Waals surface area (Å²) in [6.07, 6.45) is -7.11. The first-order valence-corrected chi connectivity index (χ1v) is 12.4. The Bertz CT molecular complexity index is 1790. The maximum Gasteiger partial charge on any atom is 0.409 e. The van der Waals surface area contributed by atoms with Gasteiger partial charge in [0.2, 0.25) is 5.88 Å². The van der Waals surface area contributed by atoms with Gasteiger partial charge in [-0.1, -0.05) is 30.3 Å². The van der Waals surface area contributed by atoms with E-state index >= 15 is 13.2 Å². The van der Waals surface area contributed by atoms with Crippen molar-refractivity contribution in [2.75, 3.05) is 0 Å². The molecule has 0 saturated heterocycles. The number of hydrogen-bond acceptors (Lipinski definition) is 6. The molecule has 222 valence electrons. The predicted octanol–water partition coefficient (Wildman–Crippen LogP) is 6.79. The zero-order valence-corrected chi connectivity index (χ0v) is 22.0. The van der Waals surface area contributed by atoms with Crippen LogP contribution in [0, 0.1) is 24.4 Å². The number of hydrogen-bond donors (Lipinski definition) is 1. The number of amides is 1. The van der Waals surface area contributed by atoms with Crippen LogP contribution in [0.15, 0.2) is 67.0 Å². The number of nitrogens with zero attached hydrogens (tertiary/aromatic N) is 3. The lowest BCUT2D eigenvalue weighted by atomic mass is 10.1. The van der Waals surface area contributed by atoms with Crippen LogP contribution in [0.25, 0.3) is 28.0 Å². The summed E-state index contributed by atoms with van der Waals surface area (Å²) in [5.74, 6) is -4.77. The minimum Gasteiger partial charge on any atom is -0.486 e. The summed E-state index contributed by atoms with van der Waals surface area (Å²) >= 11 is 0. The summed E-state index contributed by atoms with van der Waals surface area (Å²) in [4.78, 5) is 18.9. The molecule has 14 heteroatoms. The molecule has 3 aromatic carbocycles. The fourth-order valence-corrected chi connectivity index (χ4v) is 4.46. The van der Waals surface area contributed by atoms with Gasteiger partial charge in [0.15, 0.2) is 11.6 Å².